The SMILES string of the molecule is CC(=O)N(C(=O)/C(C#N)=C\Nc1ccc(S(N)(=O)=O)cc1)c1ccc(N)cc1. The van der Waals surface area contributed by atoms with Crippen molar-refractivity contribution in [2.45, 2.75) is 11.8 Å². The van der Waals surface area contributed by atoms with Crippen LogP contribution in [0.25, 0.3) is 0 Å². The number of hydrogen-bond donors (Lipinski definition) is 3. The molecule has 0 spiro atoms. The zero-order valence-corrected chi connectivity index (χ0v) is 15.6. The van der Waals surface area contributed by atoms with E-state index in [4.69, 9.17) is 10.9 Å². The Labute approximate surface area is 161 Å². The van der Waals surface area contributed by atoms with Crippen molar-refractivity contribution < 1.29 is 18.0 Å². The Hall–Kier alpha value is -3.68. The summed E-state index contributed by atoms with van der Waals surface area (Å²) in [5.41, 5.74) is 6.42. The van der Waals surface area contributed by atoms with Gasteiger partial charge in [-0.15, -0.1) is 0 Å². The normalized spacial score (nSPS) is 11.4. The summed E-state index contributed by atoms with van der Waals surface area (Å²) in [5, 5.41) is 17.0. The molecule has 0 heterocycles. The van der Waals surface area contributed by atoms with Crippen LogP contribution in [0.15, 0.2) is 65.2 Å². The van der Waals surface area contributed by atoms with Crippen molar-refractivity contribution in [2.75, 3.05) is 16.0 Å². The molecule has 2 aromatic rings. The van der Waals surface area contributed by atoms with Crippen LogP contribution in [0.5, 0.6) is 0 Å². The molecule has 2 aromatic carbocycles. The summed E-state index contributed by atoms with van der Waals surface area (Å²) in [6.45, 7) is 1.20. The lowest BCUT2D eigenvalue weighted by molar-refractivity contribution is -0.123. The second kappa shape index (κ2) is 8.34. The largest absolute Gasteiger partial charge is 0.399 e. The second-order valence-electron chi connectivity index (χ2n) is 5.63. The number of nitrogens with zero attached hydrogens (tertiary/aromatic N) is 2. The van der Waals surface area contributed by atoms with E-state index in [0.717, 1.165) is 11.1 Å². The van der Waals surface area contributed by atoms with Gasteiger partial charge in [-0.25, -0.2) is 18.5 Å². The van der Waals surface area contributed by atoms with Crippen molar-refractivity contribution >= 4 is 38.9 Å². The lowest BCUT2D eigenvalue weighted by Crippen LogP contribution is -2.36. The van der Waals surface area contributed by atoms with Gasteiger partial charge in [0.15, 0.2) is 0 Å². The molecule has 144 valence electrons. The zero-order chi connectivity index (χ0) is 20.9. The van der Waals surface area contributed by atoms with Gasteiger partial charge in [0.1, 0.15) is 11.6 Å². The number of nitrogens with two attached hydrogens (primary N) is 2. The minimum absolute atomic E-state index is 0.0790. The molecule has 28 heavy (non-hydrogen) atoms. The van der Waals surface area contributed by atoms with Crippen molar-refractivity contribution in [2.24, 2.45) is 5.14 Å². The smallest absolute Gasteiger partial charge is 0.277 e. The average molecular weight is 399 g/mol. The molecule has 0 aromatic heterocycles. The van der Waals surface area contributed by atoms with Crippen LogP contribution in [-0.2, 0) is 19.6 Å². The third kappa shape index (κ3) is 4.94. The number of hydrogen-bond acceptors (Lipinski definition) is 7. The Morgan fingerprint density at radius 2 is 1.68 bits per heavy atom. The van der Waals surface area contributed by atoms with Gasteiger partial charge < -0.3 is 11.1 Å². The summed E-state index contributed by atoms with van der Waals surface area (Å²) in [7, 11) is -3.83. The van der Waals surface area contributed by atoms with Crippen LogP contribution >= 0.6 is 0 Å². The van der Waals surface area contributed by atoms with Gasteiger partial charge in [0.2, 0.25) is 15.9 Å². The van der Waals surface area contributed by atoms with E-state index in [9.17, 15) is 23.3 Å². The minimum Gasteiger partial charge on any atom is -0.399 e. The Kier molecular flexibility index (Phi) is 6.15. The van der Waals surface area contributed by atoms with Gasteiger partial charge in [-0.3, -0.25) is 9.59 Å². The van der Waals surface area contributed by atoms with Gasteiger partial charge in [-0.2, -0.15) is 5.26 Å². The molecule has 0 aliphatic carbocycles. The van der Waals surface area contributed by atoms with Crippen molar-refractivity contribution in [1.29, 1.82) is 5.26 Å². The quantitative estimate of drug-likeness (QED) is 0.388. The number of primary sulfonamides is 1. The highest BCUT2D eigenvalue weighted by Crippen LogP contribution is 2.19. The number of rotatable bonds is 5. The van der Waals surface area contributed by atoms with Crippen LogP contribution in [0.4, 0.5) is 17.1 Å². The fourth-order valence-electron chi connectivity index (χ4n) is 2.22. The zero-order valence-electron chi connectivity index (χ0n) is 14.8. The van der Waals surface area contributed by atoms with Crippen LogP contribution in [0.3, 0.4) is 0 Å². The van der Waals surface area contributed by atoms with E-state index in [2.05, 4.69) is 5.32 Å². The number of imide groups is 1. The van der Waals surface area contributed by atoms with Crippen LogP contribution in [0.1, 0.15) is 6.92 Å². The fraction of sp³-hybridized carbons (Fsp3) is 0.0556. The summed E-state index contributed by atoms with van der Waals surface area (Å²) in [4.78, 5) is 25.4. The van der Waals surface area contributed by atoms with E-state index in [1.54, 1.807) is 6.07 Å². The average Bonchev–Trinajstić information content (AvgIpc) is 2.63. The number of carbonyl (C=O) groups is 2. The molecule has 0 aliphatic heterocycles. The molecule has 2 amide bonds. The first-order valence-corrected chi connectivity index (χ1v) is 9.38. The molecule has 0 bridgehead atoms. The molecule has 5 N–H and O–H groups in total. The monoisotopic (exact) mass is 399 g/mol. The molecule has 0 saturated heterocycles. The molecule has 2 rings (SSSR count). The van der Waals surface area contributed by atoms with Gasteiger partial charge in [0, 0.05) is 24.5 Å². The van der Waals surface area contributed by atoms with Crippen LogP contribution in [0.2, 0.25) is 0 Å². The molecule has 0 saturated carbocycles. The van der Waals surface area contributed by atoms with Gasteiger partial charge >= 0.3 is 0 Å². The minimum atomic E-state index is -3.83. The highest BCUT2D eigenvalue weighted by molar-refractivity contribution is 7.89. The fourth-order valence-corrected chi connectivity index (χ4v) is 2.74. The van der Waals surface area contributed by atoms with E-state index >= 15 is 0 Å². The molecule has 0 fully saturated rings. The van der Waals surface area contributed by atoms with E-state index in [1.807, 2.05) is 0 Å². The summed E-state index contributed by atoms with van der Waals surface area (Å²) >= 11 is 0. The first-order chi connectivity index (χ1) is 13.1. The summed E-state index contributed by atoms with van der Waals surface area (Å²) in [6, 6.07) is 13.1. The van der Waals surface area contributed by atoms with Gasteiger partial charge in [-0.1, -0.05) is 0 Å². The summed E-state index contributed by atoms with van der Waals surface area (Å²) < 4.78 is 22.5. The number of nitrogen functional groups attached to an aromatic ring is 1. The topological polar surface area (TPSA) is 159 Å². The van der Waals surface area contributed by atoms with Crippen molar-refractivity contribution in [3.8, 4) is 6.07 Å². The third-order valence-electron chi connectivity index (χ3n) is 3.59. The Morgan fingerprint density at radius 3 is 2.14 bits per heavy atom. The van der Waals surface area contributed by atoms with Gasteiger partial charge in [0.05, 0.1) is 10.6 Å². The maximum atomic E-state index is 12.7. The number of sulfonamides is 1. The lowest BCUT2D eigenvalue weighted by atomic mass is 10.2. The van der Waals surface area contributed by atoms with Crippen molar-refractivity contribution in [3.05, 3.63) is 60.3 Å². The molecule has 0 unspecified atom stereocenters. The van der Waals surface area contributed by atoms with Crippen molar-refractivity contribution in [1.82, 2.24) is 0 Å². The molecule has 0 atom stereocenters. The highest BCUT2D eigenvalue weighted by atomic mass is 32.2. The maximum absolute atomic E-state index is 12.7. The predicted octanol–water partition coefficient (Wildman–Crippen LogP) is 1.32. The van der Waals surface area contributed by atoms with Crippen LogP contribution in [0, 0.1) is 11.3 Å². The van der Waals surface area contributed by atoms with Gasteiger partial charge in [-0.05, 0) is 48.5 Å². The number of benzene rings is 2. The summed E-state index contributed by atoms with van der Waals surface area (Å²) in [5.74, 6) is -1.40. The van der Waals surface area contributed by atoms with Crippen LogP contribution in [-0.4, -0.2) is 20.2 Å². The Morgan fingerprint density at radius 1 is 1.11 bits per heavy atom. The second-order valence-corrected chi connectivity index (χ2v) is 7.20. The Balaban J connectivity index is 2.27. The summed E-state index contributed by atoms with van der Waals surface area (Å²) in [6.07, 6.45) is 1.13. The lowest BCUT2D eigenvalue weighted by Gasteiger charge is -2.19. The first-order valence-electron chi connectivity index (χ1n) is 7.83. The molecular weight excluding hydrogens is 382 g/mol. The number of carbonyl (C=O) groups excluding carboxylic acids is 2. The van der Waals surface area contributed by atoms with E-state index in [0.29, 0.717) is 11.4 Å². The molecule has 9 nitrogen and oxygen atoms in total. The van der Waals surface area contributed by atoms with E-state index in [1.165, 1.54) is 55.5 Å². The molecule has 10 heteroatoms. The standard InChI is InChI=1S/C18H17N5O4S/c1-12(24)23(16-6-2-14(20)3-7-16)18(25)13(10-19)11-22-15-4-8-17(9-5-15)28(21,26)27/h2-9,11,22H,20H2,1H3,(H2,21,26,27)/b13-11-. The number of nitrogens with one attached hydrogen (secondary N) is 1. The first kappa shape index (κ1) is 20.6. The van der Waals surface area contributed by atoms with Crippen molar-refractivity contribution in [3.63, 3.8) is 0 Å². The molecular formula is C18H17N5O4S. The predicted molar refractivity (Wildman–Crippen MR) is 104 cm³/mol. The van der Waals surface area contributed by atoms with E-state index in [-0.39, 0.29) is 16.2 Å². The Bertz CT molecular complexity index is 1070. The third-order valence-corrected chi connectivity index (χ3v) is 4.52. The van der Waals surface area contributed by atoms with Gasteiger partial charge in [0.25, 0.3) is 5.91 Å². The van der Waals surface area contributed by atoms with E-state index < -0.39 is 21.8 Å². The van der Waals surface area contributed by atoms with Crippen LogP contribution < -0.4 is 21.1 Å². The number of amides is 2. The number of nitriles is 1. The highest BCUT2D eigenvalue weighted by Gasteiger charge is 2.23. The molecule has 0 radical (unpaired) electrons. The number of anilines is 3. The maximum Gasteiger partial charge on any atom is 0.277 e. The molecule has 0 aliphatic rings.